The molecule has 0 spiro atoms. The molecule has 0 unspecified atom stereocenters. The van der Waals surface area contributed by atoms with E-state index in [0.29, 0.717) is 45.3 Å². The number of hydrogen-bond donors (Lipinski definition) is 3. The van der Waals surface area contributed by atoms with E-state index < -0.39 is 0 Å². The van der Waals surface area contributed by atoms with Crippen molar-refractivity contribution in [3.8, 4) is 0 Å². The van der Waals surface area contributed by atoms with Gasteiger partial charge < -0.3 is 21.1 Å². The zero-order valence-corrected chi connectivity index (χ0v) is 24.1. The molecule has 1 aromatic carbocycles. The van der Waals surface area contributed by atoms with Gasteiger partial charge in [0.15, 0.2) is 16.8 Å². The fourth-order valence-electron chi connectivity index (χ4n) is 5.75. The number of likely N-dealkylation sites (tertiary alicyclic amines) is 1. The highest BCUT2D eigenvalue weighted by Gasteiger charge is 2.35. The maximum atomic E-state index is 10.1. The first-order valence-corrected chi connectivity index (χ1v) is 14.5. The second-order valence-corrected chi connectivity index (χ2v) is 11.0. The molecule has 4 N–H and O–H groups in total. The summed E-state index contributed by atoms with van der Waals surface area (Å²) in [7, 11) is 0. The molecule has 0 amide bonds. The molecule has 10 heteroatoms. The molecule has 2 aliphatic heterocycles. The number of nitrogens with two attached hydrogens (primary N) is 1. The lowest BCUT2D eigenvalue weighted by Crippen LogP contribution is -2.58. The van der Waals surface area contributed by atoms with Crippen molar-refractivity contribution in [2.24, 2.45) is 0 Å². The number of halogens is 2. The van der Waals surface area contributed by atoms with E-state index in [9.17, 15) is 5.11 Å². The second-order valence-electron chi connectivity index (χ2n) is 10.2. The maximum absolute atomic E-state index is 10.1. The fourth-order valence-corrected chi connectivity index (χ4v) is 6.13. The van der Waals surface area contributed by atoms with Crippen LogP contribution < -0.4 is 16.0 Å². The van der Waals surface area contributed by atoms with Crippen molar-refractivity contribution in [3.05, 3.63) is 52.3 Å². The van der Waals surface area contributed by atoms with E-state index in [0.717, 1.165) is 70.5 Å². The number of aromatic nitrogens is 2. The van der Waals surface area contributed by atoms with Gasteiger partial charge in [-0.3, -0.25) is 9.80 Å². The summed E-state index contributed by atoms with van der Waals surface area (Å²) in [4.78, 5) is 16.5. The molecule has 0 bridgehead atoms. The van der Waals surface area contributed by atoms with E-state index in [1.807, 2.05) is 24.3 Å². The summed E-state index contributed by atoms with van der Waals surface area (Å²) < 4.78 is 0. The van der Waals surface area contributed by atoms with Crippen molar-refractivity contribution < 1.29 is 5.11 Å². The van der Waals surface area contributed by atoms with E-state index in [-0.39, 0.29) is 12.6 Å². The first-order valence-electron chi connectivity index (χ1n) is 13.7. The number of rotatable bonds is 10. The van der Waals surface area contributed by atoms with Crippen LogP contribution in [0.4, 0.5) is 11.6 Å². The van der Waals surface area contributed by atoms with Crippen molar-refractivity contribution in [2.75, 3.05) is 56.5 Å². The molecule has 38 heavy (non-hydrogen) atoms. The van der Waals surface area contributed by atoms with Gasteiger partial charge in [-0.1, -0.05) is 55.8 Å². The minimum atomic E-state index is 0.00874. The van der Waals surface area contributed by atoms with Gasteiger partial charge in [0, 0.05) is 56.4 Å². The van der Waals surface area contributed by atoms with Crippen molar-refractivity contribution in [3.63, 3.8) is 0 Å². The largest absolute Gasteiger partial charge is 0.394 e. The summed E-state index contributed by atoms with van der Waals surface area (Å²) in [6, 6.07) is 8.76. The lowest BCUT2D eigenvalue weighted by atomic mass is 9.96. The van der Waals surface area contributed by atoms with Crippen LogP contribution in [-0.4, -0.2) is 82.8 Å². The summed E-state index contributed by atoms with van der Waals surface area (Å²) in [5.41, 5.74) is 8.56. The maximum Gasteiger partial charge on any atom is 0.172 e. The number of piperidine rings is 1. The molecule has 0 saturated carbocycles. The number of anilines is 2. The Balaban J connectivity index is 1.38. The van der Waals surface area contributed by atoms with Crippen LogP contribution in [-0.2, 0) is 0 Å². The van der Waals surface area contributed by atoms with Crippen LogP contribution in [0.5, 0.6) is 0 Å². The van der Waals surface area contributed by atoms with Gasteiger partial charge in [-0.15, -0.1) is 0 Å². The van der Waals surface area contributed by atoms with Crippen LogP contribution in [0.25, 0.3) is 5.70 Å². The molecule has 0 radical (unpaired) electrons. The molecule has 208 valence electrons. The summed E-state index contributed by atoms with van der Waals surface area (Å²) >= 11 is 12.7. The van der Waals surface area contributed by atoms with E-state index in [2.05, 4.69) is 50.4 Å². The first-order chi connectivity index (χ1) is 18.4. The smallest absolute Gasteiger partial charge is 0.172 e. The van der Waals surface area contributed by atoms with Crippen LogP contribution in [0, 0.1) is 0 Å². The molecule has 2 saturated heterocycles. The molecule has 8 nitrogen and oxygen atoms in total. The van der Waals surface area contributed by atoms with Gasteiger partial charge in [-0.2, -0.15) is 0 Å². The van der Waals surface area contributed by atoms with Crippen LogP contribution in [0.15, 0.2) is 30.8 Å². The molecule has 2 aliphatic rings. The molecule has 2 fully saturated rings. The number of nitrogen functional groups attached to an aromatic ring is 1. The van der Waals surface area contributed by atoms with Crippen LogP contribution in [0.1, 0.15) is 56.8 Å². The summed E-state index contributed by atoms with van der Waals surface area (Å²) in [6.07, 6.45) is 4.17. The number of piperazine rings is 1. The molecule has 3 heterocycles. The van der Waals surface area contributed by atoms with E-state index >= 15 is 0 Å². The average molecular weight is 563 g/mol. The third-order valence-electron chi connectivity index (χ3n) is 7.87. The number of hydrogen-bond acceptors (Lipinski definition) is 8. The van der Waals surface area contributed by atoms with Gasteiger partial charge in [0.1, 0.15) is 5.69 Å². The van der Waals surface area contributed by atoms with Crippen molar-refractivity contribution in [2.45, 2.75) is 57.7 Å². The summed E-state index contributed by atoms with van der Waals surface area (Å²) in [5, 5.41) is 14.4. The van der Waals surface area contributed by atoms with Gasteiger partial charge in [0.25, 0.3) is 0 Å². The third-order valence-corrected chi connectivity index (χ3v) is 8.38. The van der Waals surface area contributed by atoms with E-state index in [1.54, 1.807) is 0 Å². The summed E-state index contributed by atoms with van der Waals surface area (Å²) in [5.74, 6) is 0.998. The number of nitrogens with one attached hydrogen (secondary N) is 1. The number of nitrogens with zero attached hydrogens (tertiary/aromatic N) is 5. The Morgan fingerprint density at radius 1 is 1.13 bits per heavy atom. The van der Waals surface area contributed by atoms with Gasteiger partial charge in [-0.25, -0.2) is 9.97 Å². The number of benzene rings is 1. The number of aliphatic hydroxyl groups is 1. The van der Waals surface area contributed by atoms with Crippen molar-refractivity contribution >= 4 is 40.5 Å². The topological polar surface area (TPSA) is 93.8 Å². The van der Waals surface area contributed by atoms with Crippen molar-refractivity contribution in [1.82, 2.24) is 25.1 Å². The van der Waals surface area contributed by atoms with Gasteiger partial charge in [0.05, 0.1) is 18.3 Å². The summed E-state index contributed by atoms with van der Waals surface area (Å²) in [6.45, 7) is 13.8. The Labute approximate surface area is 236 Å². The zero-order valence-electron chi connectivity index (χ0n) is 22.5. The lowest BCUT2D eigenvalue weighted by molar-refractivity contribution is 0.0356. The van der Waals surface area contributed by atoms with Crippen molar-refractivity contribution in [1.29, 1.82) is 0 Å². The average Bonchev–Trinajstić information content (AvgIpc) is 2.94. The van der Waals surface area contributed by atoms with Gasteiger partial charge in [0.2, 0.25) is 0 Å². The minimum Gasteiger partial charge on any atom is -0.394 e. The molecule has 2 atom stereocenters. The number of aliphatic hydroxyl groups excluding tert-OH is 1. The lowest BCUT2D eigenvalue weighted by Gasteiger charge is -2.48. The SMILES string of the molecule is C=C(NCCC)c1nc(Cl)c(N2CCN(C3CCN([C@H](CO)c4ccc(Cl)cc4)CC3)[C@@H](CC)C2)nc1N. The fraction of sp³-hybridized carbons (Fsp3) is 0.571. The Bertz CT molecular complexity index is 1080. The Kier molecular flexibility index (Phi) is 10.1. The Morgan fingerprint density at radius 3 is 2.47 bits per heavy atom. The molecule has 2 aromatic rings. The highest BCUT2D eigenvalue weighted by Crippen LogP contribution is 2.32. The van der Waals surface area contributed by atoms with Gasteiger partial charge >= 0.3 is 0 Å². The second kappa shape index (κ2) is 13.3. The zero-order chi connectivity index (χ0) is 27.2. The van der Waals surface area contributed by atoms with E-state index in [1.165, 1.54) is 0 Å². The normalized spacial score (nSPS) is 20.4. The Morgan fingerprint density at radius 2 is 1.84 bits per heavy atom. The Hall–Kier alpha value is -2.10. The van der Waals surface area contributed by atoms with Crippen LogP contribution >= 0.6 is 23.2 Å². The molecule has 1 aromatic heterocycles. The molecule has 4 rings (SSSR count). The predicted molar refractivity (Wildman–Crippen MR) is 158 cm³/mol. The van der Waals surface area contributed by atoms with Crippen LogP contribution in [0.3, 0.4) is 0 Å². The standard InChI is InChI=1S/C28H41Cl2N7O/c1-4-12-32-19(3)25-27(31)34-28(26(30)33-25)36-15-16-37(22(5-2)17-36)23-10-13-35(14-11-23)24(18-38)20-6-8-21(29)9-7-20/h6-9,22-24,32,38H,3-5,10-18H2,1-2H3,(H2,31,34)/t22-,24+/m0/s1. The van der Waals surface area contributed by atoms with Crippen LogP contribution in [0.2, 0.25) is 10.2 Å². The minimum absolute atomic E-state index is 0.00874. The molecular formula is C28H41Cl2N7O. The highest BCUT2D eigenvalue weighted by molar-refractivity contribution is 6.32. The first kappa shape index (κ1) is 28.9. The van der Waals surface area contributed by atoms with Gasteiger partial charge in [-0.05, 0) is 43.4 Å². The molecule has 0 aliphatic carbocycles. The highest BCUT2D eigenvalue weighted by atomic mass is 35.5. The monoisotopic (exact) mass is 561 g/mol. The third kappa shape index (κ3) is 6.54. The molecular weight excluding hydrogens is 521 g/mol. The quantitative estimate of drug-likeness (QED) is 0.392. The van der Waals surface area contributed by atoms with E-state index in [4.69, 9.17) is 28.9 Å². The predicted octanol–water partition coefficient (Wildman–Crippen LogP) is 4.43.